The van der Waals surface area contributed by atoms with Gasteiger partial charge >= 0.3 is 0 Å². The monoisotopic (exact) mass is 352 g/mol. The van der Waals surface area contributed by atoms with E-state index >= 15 is 0 Å². The van der Waals surface area contributed by atoms with Crippen molar-refractivity contribution in [2.24, 2.45) is 0 Å². The van der Waals surface area contributed by atoms with Gasteiger partial charge in [-0.05, 0) is 18.2 Å². The number of para-hydroxylation sites is 1. The molecule has 1 N–H and O–H groups in total. The Morgan fingerprint density at radius 2 is 1.86 bits per heavy atom. The zero-order valence-corrected chi connectivity index (χ0v) is 12.5. The lowest BCUT2D eigenvalue weighted by molar-refractivity contribution is 0.364. The van der Waals surface area contributed by atoms with Crippen molar-refractivity contribution in [1.29, 1.82) is 5.26 Å². The first kappa shape index (κ1) is 15.3. The highest BCUT2D eigenvalue weighted by atomic mass is 79.9. The minimum Gasteiger partial charge on any atom is -0.478 e. The maximum atomic E-state index is 13.7. The highest BCUT2D eigenvalue weighted by molar-refractivity contribution is 9.10. The van der Waals surface area contributed by atoms with E-state index in [0.717, 1.165) is 0 Å². The van der Waals surface area contributed by atoms with Gasteiger partial charge in [0.2, 0.25) is 0 Å². The van der Waals surface area contributed by atoms with Gasteiger partial charge in [0.05, 0.1) is 0 Å². The molecule has 0 aliphatic rings. The highest BCUT2D eigenvalue weighted by Gasteiger charge is 2.11. The fraction of sp³-hybridized carbons (Fsp3) is 0.133. The molecule has 0 fully saturated rings. The Morgan fingerprint density at radius 3 is 2.52 bits per heavy atom. The third-order valence-corrected chi connectivity index (χ3v) is 3.19. The fourth-order valence-electron chi connectivity index (χ4n) is 1.80. The van der Waals surface area contributed by atoms with Gasteiger partial charge in [0, 0.05) is 16.6 Å². The van der Waals surface area contributed by atoms with Gasteiger partial charge in [0.1, 0.15) is 29.1 Å². The van der Waals surface area contributed by atoms with Crippen molar-refractivity contribution >= 4 is 21.6 Å². The van der Waals surface area contributed by atoms with Crippen LogP contribution in [0.5, 0.6) is 5.75 Å². The summed E-state index contributed by atoms with van der Waals surface area (Å²) < 4.78 is 33.0. The molecule has 0 unspecified atom stereocenters. The van der Waals surface area contributed by atoms with Crippen molar-refractivity contribution in [3.63, 3.8) is 0 Å². The summed E-state index contributed by atoms with van der Waals surface area (Å²) in [6.45, 7) is 0.0924. The second-order valence-electron chi connectivity index (χ2n) is 4.15. The standard InChI is InChI=1S/C15H11BrF2N2O/c16-11-7-12(17)15(13(18)8-11)20-9-10-3-1-2-4-14(10)21-6-5-19/h1-4,7-8,20H,6,9H2. The van der Waals surface area contributed by atoms with Gasteiger partial charge in [-0.15, -0.1) is 0 Å². The number of hydrogen-bond donors (Lipinski definition) is 1. The Bertz CT molecular complexity index is 663. The lowest BCUT2D eigenvalue weighted by Crippen LogP contribution is -2.06. The van der Waals surface area contributed by atoms with Crippen molar-refractivity contribution in [2.75, 3.05) is 11.9 Å². The molecule has 2 aromatic carbocycles. The summed E-state index contributed by atoms with van der Waals surface area (Å²) in [5, 5.41) is 11.2. The summed E-state index contributed by atoms with van der Waals surface area (Å²) in [6, 6.07) is 11.2. The molecule has 0 radical (unpaired) electrons. The summed E-state index contributed by atoms with van der Waals surface area (Å²) >= 11 is 3.02. The predicted octanol–water partition coefficient (Wildman–Crippen LogP) is 4.24. The van der Waals surface area contributed by atoms with E-state index in [1.807, 2.05) is 6.07 Å². The second kappa shape index (κ2) is 7.04. The first-order valence-corrected chi connectivity index (χ1v) is 6.87. The molecule has 0 aliphatic carbocycles. The van der Waals surface area contributed by atoms with E-state index in [4.69, 9.17) is 10.00 Å². The van der Waals surface area contributed by atoms with Crippen molar-refractivity contribution in [2.45, 2.75) is 6.54 Å². The Kier molecular flexibility index (Phi) is 5.12. The van der Waals surface area contributed by atoms with Gasteiger partial charge < -0.3 is 10.1 Å². The van der Waals surface area contributed by atoms with Crippen molar-refractivity contribution < 1.29 is 13.5 Å². The maximum Gasteiger partial charge on any atom is 0.174 e. The summed E-state index contributed by atoms with van der Waals surface area (Å²) in [7, 11) is 0. The average Bonchev–Trinajstić information content (AvgIpc) is 2.45. The van der Waals surface area contributed by atoms with E-state index in [2.05, 4.69) is 21.2 Å². The quantitative estimate of drug-likeness (QED) is 0.875. The molecule has 0 spiro atoms. The van der Waals surface area contributed by atoms with Crippen LogP contribution in [0.3, 0.4) is 0 Å². The molecule has 0 bridgehead atoms. The van der Waals surface area contributed by atoms with Crippen LogP contribution in [0.25, 0.3) is 0 Å². The molecule has 0 saturated heterocycles. The SMILES string of the molecule is N#CCOc1ccccc1CNc1c(F)cc(Br)cc1F. The van der Waals surface area contributed by atoms with Crippen LogP contribution in [-0.2, 0) is 6.54 Å². The molecule has 2 aromatic rings. The van der Waals surface area contributed by atoms with Crippen molar-refractivity contribution in [3.8, 4) is 11.8 Å². The summed E-state index contributed by atoms with van der Waals surface area (Å²) in [5.41, 5.74) is 0.503. The molecule has 0 aliphatic heterocycles. The summed E-state index contributed by atoms with van der Waals surface area (Å²) in [6.07, 6.45) is 0. The van der Waals surface area contributed by atoms with Crippen molar-refractivity contribution in [3.05, 3.63) is 58.1 Å². The van der Waals surface area contributed by atoms with Gasteiger partial charge in [-0.2, -0.15) is 5.26 Å². The van der Waals surface area contributed by atoms with Crippen LogP contribution in [0, 0.1) is 23.0 Å². The van der Waals surface area contributed by atoms with Crippen LogP contribution in [0.4, 0.5) is 14.5 Å². The molecule has 21 heavy (non-hydrogen) atoms. The van der Waals surface area contributed by atoms with Crippen LogP contribution in [0.1, 0.15) is 5.56 Å². The molecule has 0 atom stereocenters. The molecule has 6 heteroatoms. The number of halogens is 3. The predicted molar refractivity (Wildman–Crippen MR) is 78.9 cm³/mol. The number of hydrogen-bond acceptors (Lipinski definition) is 3. The largest absolute Gasteiger partial charge is 0.478 e. The fourth-order valence-corrected chi connectivity index (χ4v) is 2.20. The van der Waals surface area contributed by atoms with Gasteiger partial charge in [-0.1, -0.05) is 34.1 Å². The minimum atomic E-state index is -0.683. The van der Waals surface area contributed by atoms with Gasteiger partial charge in [0.15, 0.2) is 6.61 Å². The number of anilines is 1. The van der Waals surface area contributed by atoms with E-state index in [1.54, 1.807) is 24.3 Å². The molecule has 0 aromatic heterocycles. The van der Waals surface area contributed by atoms with Crippen LogP contribution < -0.4 is 10.1 Å². The number of ether oxygens (including phenoxy) is 1. The number of nitrogens with zero attached hydrogens (tertiary/aromatic N) is 1. The summed E-state index contributed by atoms with van der Waals surface area (Å²) in [4.78, 5) is 0. The first-order valence-electron chi connectivity index (χ1n) is 6.08. The zero-order chi connectivity index (χ0) is 15.2. The molecular formula is C15H11BrF2N2O. The normalized spacial score (nSPS) is 10.0. The summed E-state index contributed by atoms with van der Waals surface area (Å²) in [5.74, 6) is -0.862. The number of benzene rings is 2. The Morgan fingerprint density at radius 1 is 1.19 bits per heavy atom. The topological polar surface area (TPSA) is 45.0 Å². The lowest BCUT2D eigenvalue weighted by Gasteiger charge is -2.12. The van der Waals surface area contributed by atoms with E-state index in [1.165, 1.54) is 12.1 Å². The van der Waals surface area contributed by atoms with Crippen LogP contribution in [0.2, 0.25) is 0 Å². The molecule has 0 heterocycles. The number of nitriles is 1. The number of nitrogens with one attached hydrogen (secondary N) is 1. The third kappa shape index (κ3) is 3.92. The average molecular weight is 353 g/mol. The Hall–Kier alpha value is -2.13. The maximum absolute atomic E-state index is 13.7. The molecule has 0 amide bonds. The van der Waals surface area contributed by atoms with E-state index in [9.17, 15) is 8.78 Å². The molecule has 0 saturated carbocycles. The van der Waals surface area contributed by atoms with E-state index in [0.29, 0.717) is 15.8 Å². The lowest BCUT2D eigenvalue weighted by atomic mass is 10.2. The van der Waals surface area contributed by atoms with Gasteiger partial charge in [0.25, 0.3) is 0 Å². The highest BCUT2D eigenvalue weighted by Crippen LogP contribution is 2.25. The van der Waals surface area contributed by atoms with Crippen LogP contribution in [-0.4, -0.2) is 6.61 Å². The second-order valence-corrected chi connectivity index (χ2v) is 5.07. The molecule has 3 nitrogen and oxygen atoms in total. The zero-order valence-electron chi connectivity index (χ0n) is 10.9. The molecular weight excluding hydrogens is 342 g/mol. The third-order valence-electron chi connectivity index (χ3n) is 2.73. The number of rotatable bonds is 5. The van der Waals surface area contributed by atoms with Gasteiger partial charge in [-0.3, -0.25) is 0 Å². The van der Waals surface area contributed by atoms with E-state index in [-0.39, 0.29) is 18.8 Å². The Balaban J connectivity index is 2.16. The van der Waals surface area contributed by atoms with Crippen LogP contribution in [0.15, 0.2) is 40.9 Å². The van der Waals surface area contributed by atoms with Gasteiger partial charge in [-0.25, -0.2) is 8.78 Å². The minimum absolute atomic E-state index is 0.0853. The smallest absolute Gasteiger partial charge is 0.174 e. The van der Waals surface area contributed by atoms with E-state index < -0.39 is 11.6 Å². The first-order chi connectivity index (χ1) is 10.1. The molecule has 108 valence electrons. The molecule has 2 rings (SSSR count). The van der Waals surface area contributed by atoms with Crippen molar-refractivity contribution in [1.82, 2.24) is 0 Å². The van der Waals surface area contributed by atoms with Crippen LogP contribution >= 0.6 is 15.9 Å². The Labute approximate surface area is 129 Å².